The van der Waals surface area contributed by atoms with E-state index in [0.717, 1.165) is 25.1 Å². The summed E-state index contributed by atoms with van der Waals surface area (Å²) in [6.45, 7) is 0.815. The zero-order valence-corrected chi connectivity index (χ0v) is 10.2. The summed E-state index contributed by atoms with van der Waals surface area (Å²) in [5.74, 6) is 1.44. The predicted octanol–water partition coefficient (Wildman–Crippen LogP) is 3.15. The third kappa shape index (κ3) is 2.27. The van der Waals surface area contributed by atoms with E-state index < -0.39 is 0 Å². The molecule has 0 amide bonds. The molecule has 1 aromatic carbocycles. The Kier molecular flexibility index (Phi) is 3.07. The number of phenolic OH excluding ortho intramolecular Hbond substituents is 1. The molecule has 0 saturated heterocycles. The number of fused-ring (bicyclic) bond motifs is 1. The van der Waals surface area contributed by atoms with Crippen LogP contribution in [0.1, 0.15) is 35.8 Å². The van der Waals surface area contributed by atoms with Crippen LogP contribution in [-0.2, 0) is 13.0 Å². The maximum Gasteiger partial charge on any atom is 0.115 e. The normalized spacial score (nSPS) is 18.6. The van der Waals surface area contributed by atoms with Gasteiger partial charge in [0.1, 0.15) is 11.5 Å². The molecule has 1 unspecified atom stereocenters. The van der Waals surface area contributed by atoms with Gasteiger partial charge in [0.15, 0.2) is 0 Å². The highest BCUT2D eigenvalue weighted by atomic mass is 16.3. The van der Waals surface area contributed by atoms with Gasteiger partial charge >= 0.3 is 0 Å². The fourth-order valence-corrected chi connectivity index (χ4v) is 2.55. The fourth-order valence-electron chi connectivity index (χ4n) is 2.55. The lowest BCUT2D eigenvalue weighted by molar-refractivity contribution is 0.410. The van der Waals surface area contributed by atoms with Crippen molar-refractivity contribution in [1.29, 1.82) is 0 Å². The van der Waals surface area contributed by atoms with Crippen LogP contribution >= 0.6 is 0 Å². The highest BCUT2D eigenvalue weighted by molar-refractivity contribution is 5.27. The predicted molar refractivity (Wildman–Crippen MR) is 69.3 cm³/mol. The highest BCUT2D eigenvalue weighted by Gasteiger charge is 2.21. The number of rotatable bonds is 3. The molecule has 0 fully saturated rings. The van der Waals surface area contributed by atoms with Crippen LogP contribution in [0.5, 0.6) is 5.75 Å². The van der Waals surface area contributed by atoms with E-state index in [2.05, 4.69) is 11.4 Å². The van der Waals surface area contributed by atoms with E-state index >= 15 is 0 Å². The minimum atomic E-state index is 0.313. The van der Waals surface area contributed by atoms with Gasteiger partial charge < -0.3 is 14.8 Å². The van der Waals surface area contributed by atoms with Crippen molar-refractivity contribution < 1.29 is 9.52 Å². The Hall–Kier alpha value is -1.74. The second-order valence-corrected chi connectivity index (χ2v) is 4.79. The van der Waals surface area contributed by atoms with E-state index in [1.54, 1.807) is 18.4 Å². The Labute approximate surface area is 106 Å². The van der Waals surface area contributed by atoms with Crippen LogP contribution in [0, 0.1) is 0 Å². The lowest BCUT2D eigenvalue weighted by atomic mass is 9.93. The lowest BCUT2D eigenvalue weighted by Gasteiger charge is -2.22. The molecule has 0 spiro atoms. The summed E-state index contributed by atoms with van der Waals surface area (Å²) >= 11 is 0. The first-order chi connectivity index (χ1) is 8.83. The summed E-state index contributed by atoms with van der Waals surface area (Å²) in [5, 5.41) is 12.8. The molecule has 1 aliphatic carbocycles. The van der Waals surface area contributed by atoms with Crippen LogP contribution in [0.25, 0.3) is 0 Å². The molecule has 0 bridgehead atoms. The van der Waals surface area contributed by atoms with Crippen LogP contribution in [0.15, 0.2) is 41.0 Å². The zero-order valence-electron chi connectivity index (χ0n) is 10.2. The van der Waals surface area contributed by atoms with E-state index in [-0.39, 0.29) is 0 Å². The molecule has 18 heavy (non-hydrogen) atoms. The number of furan rings is 1. The summed E-state index contributed by atoms with van der Waals surface area (Å²) < 4.78 is 5.48. The largest absolute Gasteiger partial charge is 0.508 e. The minimum absolute atomic E-state index is 0.313. The summed E-state index contributed by atoms with van der Waals surface area (Å²) in [5.41, 5.74) is 2.49. The molecule has 2 aromatic rings. The standard InChI is InChI=1S/C15H17NO2/c17-12-6-4-11(5-7-12)10-16-14-2-1-3-15-13(14)8-9-18-15/h4-9,14,16-17H,1-3,10H2. The van der Waals surface area contributed by atoms with Crippen molar-refractivity contribution in [1.82, 2.24) is 5.32 Å². The van der Waals surface area contributed by atoms with Crippen LogP contribution in [0.2, 0.25) is 0 Å². The Morgan fingerprint density at radius 1 is 1.22 bits per heavy atom. The molecule has 3 nitrogen and oxygen atoms in total. The third-order valence-corrected chi connectivity index (χ3v) is 3.54. The molecule has 1 aromatic heterocycles. The molecule has 3 heteroatoms. The second-order valence-electron chi connectivity index (χ2n) is 4.79. The van der Waals surface area contributed by atoms with Gasteiger partial charge in [-0.3, -0.25) is 0 Å². The van der Waals surface area contributed by atoms with Gasteiger partial charge in [0.2, 0.25) is 0 Å². The van der Waals surface area contributed by atoms with E-state index in [0.29, 0.717) is 11.8 Å². The Morgan fingerprint density at radius 2 is 2.06 bits per heavy atom. The maximum atomic E-state index is 9.24. The molecule has 2 N–H and O–H groups in total. The van der Waals surface area contributed by atoms with Crippen LogP contribution < -0.4 is 5.32 Å². The number of benzene rings is 1. The summed E-state index contributed by atoms with van der Waals surface area (Å²) in [4.78, 5) is 0. The van der Waals surface area contributed by atoms with Gasteiger partial charge in [0, 0.05) is 24.6 Å². The van der Waals surface area contributed by atoms with Gasteiger partial charge in [0.25, 0.3) is 0 Å². The first-order valence-corrected chi connectivity index (χ1v) is 6.40. The number of phenols is 1. The molecule has 1 heterocycles. The van der Waals surface area contributed by atoms with Gasteiger partial charge in [-0.15, -0.1) is 0 Å². The number of hydrogen-bond donors (Lipinski definition) is 2. The molecular formula is C15H17NO2. The van der Waals surface area contributed by atoms with Gasteiger partial charge in [-0.05, 0) is 36.6 Å². The highest BCUT2D eigenvalue weighted by Crippen LogP contribution is 2.30. The molecule has 0 radical (unpaired) electrons. The molecule has 1 atom stereocenters. The SMILES string of the molecule is Oc1ccc(CNC2CCCc3occc32)cc1. The number of hydrogen-bond acceptors (Lipinski definition) is 3. The van der Waals surface area contributed by atoms with E-state index in [4.69, 9.17) is 4.42 Å². The summed E-state index contributed by atoms with van der Waals surface area (Å²) in [6, 6.07) is 9.80. The van der Waals surface area contributed by atoms with Crippen molar-refractivity contribution >= 4 is 0 Å². The van der Waals surface area contributed by atoms with Gasteiger partial charge in [0.05, 0.1) is 6.26 Å². The molecule has 0 aliphatic heterocycles. The smallest absolute Gasteiger partial charge is 0.115 e. The average molecular weight is 243 g/mol. The Balaban J connectivity index is 1.66. The van der Waals surface area contributed by atoms with Gasteiger partial charge in [-0.2, -0.15) is 0 Å². The van der Waals surface area contributed by atoms with Crippen LogP contribution in [-0.4, -0.2) is 5.11 Å². The van der Waals surface area contributed by atoms with Crippen molar-refractivity contribution in [3.8, 4) is 5.75 Å². The monoisotopic (exact) mass is 243 g/mol. The minimum Gasteiger partial charge on any atom is -0.508 e. The maximum absolute atomic E-state index is 9.24. The summed E-state index contributed by atoms with van der Waals surface area (Å²) in [7, 11) is 0. The van der Waals surface area contributed by atoms with E-state index in [1.807, 2.05) is 12.1 Å². The summed E-state index contributed by atoms with van der Waals surface area (Å²) in [6.07, 6.45) is 5.17. The molecule has 94 valence electrons. The van der Waals surface area contributed by atoms with E-state index in [1.165, 1.54) is 17.5 Å². The molecular weight excluding hydrogens is 226 g/mol. The van der Waals surface area contributed by atoms with Crippen molar-refractivity contribution in [2.45, 2.75) is 31.8 Å². The van der Waals surface area contributed by atoms with Crippen LogP contribution in [0.3, 0.4) is 0 Å². The van der Waals surface area contributed by atoms with E-state index in [9.17, 15) is 5.11 Å². The van der Waals surface area contributed by atoms with Gasteiger partial charge in [-0.25, -0.2) is 0 Å². The topological polar surface area (TPSA) is 45.4 Å². The van der Waals surface area contributed by atoms with Gasteiger partial charge in [-0.1, -0.05) is 12.1 Å². The quantitative estimate of drug-likeness (QED) is 0.870. The first-order valence-electron chi connectivity index (χ1n) is 6.40. The molecule has 1 aliphatic rings. The number of aromatic hydroxyl groups is 1. The Morgan fingerprint density at radius 3 is 2.89 bits per heavy atom. The van der Waals surface area contributed by atoms with Crippen molar-refractivity contribution in [3.63, 3.8) is 0 Å². The second kappa shape index (κ2) is 4.86. The number of aryl methyl sites for hydroxylation is 1. The Bertz CT molecular complexity index is 516. The lowest BCUT2D eigenvalue weighted by Crippen LogP contribution is -2.23. The zero-order chi connectivity index (χ0) is 12.4. The number of nitrogens with one attached hydrogen (secondary N) is 1. The first kappa shape index (κ1) is 11.4. The molecule has 0 saturated carbocycles. The van der Waals surface area contributed by atoms with Crippen LogP contribution in [0.4, 0.5) is 0 Å². The fraction of sp³-hybridized carbons (Fsp3) is 0.333. The third-order valence-electron chi connectivity index (χ3n) is 3.54. The van der Waals surface area contributed by atoms with Crippen molar-refractivity contribution in [3.05, 3.63) is 53.5 Å². The average Bonchev–Trinajstić information content (AvgIpc) is 2.87. The molecule has 3 rings (SSSR count). The van der Waals surface area contributed by atoms with Crippen molar-refractivity contribution in [2.24, 2.45) is 0 Å². The van der Waals surface area contributed by atoms with Crippen molar-refractivity contribution in [2.75, 3.05) is 0 Å².